The molecule has 19 heavy (non-hydrogen) atoms. The number of para-hydroxylation sites is 1. The summed E-state index contributed by atoms with van der Waals surface area (Å²) in [4.78, 5) is 0. The van der Waals surface area contributed by atoms with Gasteiger partial charge in [0.05, 0.1) is 3.57 Å². The van der Waals surface area contributed by atoms with Gasteiger partial charge >= 0.3 is 0 Å². The van der Waals surface area contributed by atoms with E-state index in [1.807, 2.05) is 30.3 Å². The summed E-state index contributed by atoms with van der Waals surface area (Å²) in [5.74, 6) is 2.27. The maximum absolute atomic E-state index is 6.06. The molecular formula is C16H18INO. The normalized spacial score (nSPS) is 12.2. The quantitative estimate of drug-likeness (QED) is 0.597. The van der Waals surface area contributed by atoms with Crippen molar-refractivity contribution in [2.45, 2.75) is 26.2 Å². The summed E-state index contributed by atoms with van der Waals surface area (Å²) in [5, 5.41) is 0. The average molecular weight is 367 g/mol. The summed E-state index contributed by atoms with van der Waals surface area (Å²) in [6, 6.07) is 13.9. The predicted octanol–water partition coefficient (Wildman–Crippen LogP) is 5.18. The van der Waals surface area contributed by atoms with Crippen molar-refractivity contribution in [2.75, 3.05) is 5.73 Å². The first kappa shape index (κ1) is 14.2. The summed E-state index contributed by atoms with van der Waals surface area (Å²) in [6.07, 6.45) is 1.10. The maximum atomic E-state index is 6.06. The number of nitrogen functional groups attached to an aromatic ring is 1. The van der Waals surface area contributed by atoms with Crippen LogP contribution in [-0.2, 0) is 0 Å². The second-order valence-electron chi connectivity index (χ2n) is 4.64. The minimum Gasteiger partial charge on any atom is -0.456 e. The fourth-order valence-electron chi connectivity index (χ4n) is 1.92. The van der Waals surface area contributed by atoms with Crippen molar-refractivity contribution in [2.24, 2.45) is 0 Å². The van der Waals surface area contributed by atoms with Gasteiger partial charge in [-0.15, -0.1) is 0 Å². The number of ether oxygens (including phenoxy) is 1. The molecule has 0 bridgehead atoms. The van der Waals surface area contributed by atoms with Crippen LogP contribution in [0.5, 0.6) is 11.5 Å². The standard InChI is InChI=1S/C16H18INO/c1-3-11(2)13-6-4-5-7-15(13)19-16-9-8-12(18)10-14(16)17/h4-11H,3,18H2,1-2H3. The lowest BCUT2D eigenvalue weighted by atomic mass is 9.98. The molecule has 3 heteroatoms. The third-order valence-electron chi connectivity index (χ3n) is 3.24. The van der Waals surface area contributed by atoms with Gasteiger partial charge < -0.3 is 10.5 Å². The van der Waals surface area contributed by atoms with Gasteiger partial charge in [0.25, 0.3) is 0 Å². The third-order valence-corrected chi connectivity index (χ3v) is 4.08. The van der Waals surface area contributed by atoms with Crippen molar-refractivity contribution in [1.29, 1.82) is 0 Å². The van der Waals surface area contributed by atoms with E-state index in [-0.39, 0.29) is 0 Å². The summed E-state index contributed by atoms with van der Waals surface area (Å²) in [6.45, 7) is 4.41. The van der Waals surface area contributed by atoms with E-state index in [0.717, 1.165) is 27.2 Å². The van der Waals surface area contributed by atoms with E-state index in [0.29, 0.717) is 5.92 Å². The van der Waals surface area contributed by atoms with Crippen molar-refractivity contribution in [3.8, 4) is 11.5 Å². The lowest BCUT2D eigenvalue weighted by molar-refractivity contribution is 0.467. The molecule has 0 aliphatic rings. The Morgan fingerprint density at radius 2 is 1.89 bits per heavy atom. The Balaban J connectivity index is 2.33. The van der Waals surface area contributed by atoms with Crippen LogP contribution in [0.3, 0.4) is 0 Å². The number of rotatable bonds is 4. The first-order valence-corrected chi connectivity index (χ1v) is 7.51. The fraction of sp³-hybridized carbons (Fsp3) is 0.250. The second kappa shape index (κ2) is 6.28. The molecule has 1 atom stereocenters. The maximum Gasteiger partial charge on any atom is 0.140 e. The Kier molecular flexibility index (Phi) is 4.69. The van der Waals surface area contributed by atoms with E-state index >= 15 is 0 Å². The molecule has 2 aromatic carbocycles. The number of hydrogen-bond acceptors (Lipinski definition) is 2. The summed E-state index contributed by atoms with van der Waals surface area (Å²) >= 11 is 2.25. The van der Waals surface area contributed by atoms with Gasteiger partial charge in [0.1, 0.15) is 11.5 Å². The van der Waals surface area contributed by atoms with Crippen LogP contribution >= 0.6 is 22.6 Å². The molecular weight excluding hydrogens is 349 g/mol. The highest BCUT2D eigenvalue weighted by molar-refractivity contribution is 14.1. The lowest BCUT2D eigenvalue weighted by Gasteiger charge is -2.16. The number of anilines is 1. The second-order valence-corrected chi connectivity index (χ2v) is 5.80. The molecule has 2 N–H and O–H groups in total. The Morgan fingerprint density at radius 1 is 1.16 bits per heavy atom. The summed E-state index contributed by atoms with van der Waals surface area (Å²) < 4.78 is 7.08. The molecule has 2 rings (SSSR count). The topological polar surface area (TPSA) is 35.2 Å². The van der Waals surface area contributed by atoms with E-state index < -0.39 is 0 Å². The van der Waals surface area contributed by atoms with Gasteiger partial charge in [0, 0.05) is 5.69 Å². The van der Waals surface area contributed by atoms with E-state index in [4.69, 9.17) is 10.5 Å². The first-order chi connectivity index (χ1) is 9.11. The molecule has 0 aliphatic carbocycles. The molecule has 0 aromatic heterocycles. The van der Waals surface area contributed by atoms with E-state index in [1.165, 1.54) is 5.56 Å². The van der Waals surface area contributed by atoms with Crippen LogP contribution in [0.2, 0.25) is 0 Å². The van der Waals surface area contributed by atoms with Gasteiger partial charge in [0.2, 0.25) is 0 Å². The monoisotopic (exact) mass is 367 g/mol. The Morgan fingerprint density at radius 3 is 2.58 bits per heavy atom. The molecule has 0 saturated carbocycles. The van der Waals surface area contributed by atoms with Gasteiger partial charge in [0.15, 0.2) is 0 Å². The smallest absolute Gasteiger partial charge is 0.140 e. The van der Waals surface area contributed by atoms with E-state index in [1.54, 1.807) is 0 Å². The van der Waals surface area contributed by atoms with Crippen LogP contribution in [0.1, 0.15) is 31.7 Å². The van der Waals surface area contributed by atoms with E-state index in [9.17, 15) is 0 Å². The Labute approximate surface area is 128 Å². The van der Waals surface area contributed by atoms with Crippen molar-refractivity contribution in [3.05, 3.63) is 51.6 Å². The zero-order valence-electron chi connectivity index (χ0n) is 11.2. The van der Waals surface area contributed by atoms with Crippen LogP contribution < -0.4 is 10.5 Å². The molecule has 0 aliphatic heterocycles. The van der Waals surface area contributed by atoms with Crippen molar-refractivity contribution in [3.63, 3.8) is 0 Å². The Bertz CT molecular complexity index is 568. The van der Waals surface area contributed by atoms with E-state index in [2.05, 4.69) is 48.6 Å². The van der Waals surface area contributed by atoms with Crippen LogP contribution in [0.4, 0.5) is 5.69 Å². The Hall–Kier alpha value is -1.23. The predicted molar refractivity (Wildman–Crippen MR) is 88.8 cm³/mol. The summed E-state index contributed by atoms with van der Waals surface area (Å²) in [5.41, 5.74) is 7.76. The number of halogens is 1. The van der Waals surface area contributed by atoms with Crippen LogP contribution in [0, 0.1) is 3.57 Å². The molecule has 0 saturated heterocycles. The van der Waals surface area contributed by atoms with Crippen LogP contribution in [-0.4, -0.2) is 0 Å². The highest BCUT2D eigenvalue weighted by atomic mass is 127. The highest BCUT2D eigenvalue weighted by Crippen LogP contribution is 2.34. The lowest BCUT2D eigenvalue weighted by Crippen LogP contribution is -1.97. The minimum atomic E-state index is 0.489. The first-order valence-electron chi connectivity index (χ1n) is 6.43. The third kappa shape index (κ3) is 3.41. The molecule has 2 nitrogen and oxygen atoms in total. The zero-order valence-corrected chi connectivity index (χ0v) is 13.3. The molecule has 1 unspecified atom stereocenters. The van der Waals surface area contributed by atoms with Gasteiger partial charge in [-0.05, 0) is 64.8 Å². The molecule has 0 radical (unpaired) electrons. The number of nitrogens with two attached hydrogens (primary N) is 1. The van der Waals surface area contributed by atoms with Crippen LogP contribution in [0.15, 0.2) is 42.5 Å². The minimum absolute atomic E-state index is 0.489. The van der Waals surface area contributed by atoms with Gasteiger partial charge in [-0.2, -0.15) is 0 Å². The molecule has 0 heterocycles. The number of benzene rings is 2. The molecule has 2 aromatic rings. The van der Waals surface area contributed by atoms with Gasteiger partial charge in [-0.25, -0.2) is 0 Å². The van der Waals surface area contributed by atoms with Gasteiger partial charge in [-0.3, -0.25) is 0 Å². The van der Waals surface area contributed by atoms with Crippen LogP contribution in [0.25, 0.3) is 0 Å². The average Bonchev–Trinajstić information content (AvgIpc) is 2.41. The zero-order chi connectivity index (χ0) is 13.8. The largest absolute Gasteiger partial charge is 0.456 e. The van der Waals surface area contributed by atoms with Crippen molar-refractivity contribution in [1.82, 2.24) is 0 Å². The molecule has 0 fully saturated rings. The molecule has 0 amide bonds. The SMILES string of the molecule is CCC(C)c1ccccc1Oc1ccc(N)cc1I. The molecule has 100 valence electrons. The molecule has 0 spiro atoms. The van der Waals surface area contributed by atoms with Gasteiger partial charge in [-0.1, -0.05) is 32.0 Å². The van der Waals surface area contributed by atoms with Crippen molar-refractivity contribution >= 4 is 28.3 Å². The highest BCUT2D eigenvalue weighted by Gasteiger charge is 2.11. The van der Waals surface area contributed by atoms with Crippen molar-refractivity contribution < 1.29 is 4.74 Å². The fourth-order valence-corrected chi connectivity index (χ4v) is 2.57. The summed E-state index contributed by atoms with van der Waals surface area (Å²) in [7, 11) is 0. The number of hydrogen-bond donors (Lipinski definition) is 1.